The summed E-state index contributed by atoms with van der Waals surface area (Å²) in [5.74, 6) is 0. The number of hydrogen-bond donors (Lipinski definition) is 0. The molecular weight excluding hydrogens is 1270 g/mol. The lowest BCUT2D eigenvalue weighted by atomic mass is 9.58. The zero-order chi connectivity index (χ0) is 66.0. The molecule has 0 N–H and O–H groups in total. The Labute approximate surface area is 575 Å². The fraction of sp³-hybridized carbons (Fsp3) is 0.222. The first-order chi connectivity index (χ1) is 44.7. The Balaban J connectivity index is 1.16. The minimum absolute atomic E-state index is 0.0617. The Morgan fingerprint density at radius 1 is 0.277 bits per heavy atom. The summed E-state index contributed by atoms with van der Waals surface area (Å²) in [4.78, 5) is 4.90. The van der Waals surface area contributed by atoms with Gasteiger partial charge in [0.2, 0.25) is 0 Å². The summed E-state index contributed by atoms with van der Waals surface area (Å²) >= 11 is 7.59. The molecule has 94 heavy (non-hydrogen) atoms. The number of benzene rings is 12. The van der Waals surface area contributed by atoms with Crippen LogP contribution in [0.25, 0.3) is 33.0 Å². The zero-order valence-electron chi connectivity index (χ0n) is 56.9. The van der Waals surface area contributed by atoms with Crippen molar-refractivity contribution in [1.29, 1.82) is 0 Å². The van der Waals surface area contributed by atoms with Crippen molar-refractivity contribution in [3.8, 4) is 22.3 Å². The highest BCUT2D eigenvalue weighted by Crippen LogP contribution is 2.64. The fourth-order valence-corrected chi connectivity index (χ4v) is 15.7. The van der Waals surface area contributed by atoms with Gasteiger partial charge in [0, 0.05) is 42.8 Å². The molecule has 2 aliphatic carbocycles. The third-order valence-electron chi connectivity index (χ3n) is 20.4. The molecule has 0 bridgehead atoms. The van der Waals surface area contributed by atoms with Crippen molar-refractivity contribution in [2.24, 2.45) is 0 Å². The van der Waals surface area contributed by atoms with Gasteiger partial charge in [0.05, 0.1) is 16.5 Å². The van der Waals surface area contributed by atoms with Gasteiger partial charge in [0.25, 0.3) is 0 Å². The molecular formula is C90H84Br2N2. The molecule has 0 radical (unpaired) electrons. The van der Waals surface area contributed by atoms with Gasteiger partial charge in [-0.1, -0.05) is 278 Å². The average molecular weight is 1350 g/mol. The van der Waals surface area contributed by atoms with Gasteiger partial charge in [-0.25, -0.2) is 0 Å². The Morgan fingerprint density at radius 3 is 0.979 bits per heavy atom. The highest BCUT2D eigenvalue weighted by Gasteiger charge is 2.51. The number of aryl methyl sites for hydroxylation is 2. The van der Waals surface area contributed by atoms with E-state index in [0.717, 1.165) is 43.1 Å². The summed E-state index contributed by atoms with van der Waals surface area (Å²) in [7, 11) is 0. The molecule has 468 valence electrons. The zero-order valence-corrected chi connectivity index (χ0v) is 60.1. The Bertz CT molecular complexity index is 4630. The number of hydrogen-bond acceptors (Lipinski definition) is 2. The molecule has 0 spiro atoms. The largest absolute Gasteiger partial charge is 0.310 e. The normalized spacial score (nSPS) is 13.9. The highest BCUT2D eigenvalue weighted by molar-refractivity contribution is 9.10. The monoisotopic (exact) mass is 1350 g/mol. The molecule has 0 saturated heterocycles. The molecule has 12 aromatic rings. The molecule has 4 heteroatoms. The van der Waals surface area contributed by atoms with Crippen molar-refractivity contribution in [3.05, 3.63) is 342 Å². The Kier molecular flexibility index (Phi) is 15.5. The summed E-state index contributed by atoms with van der Waals surface area (Å²) in [6.07, 6.45) is 0. The van der Waals surface area contributed by atoms with Gasteiger partial charge in [-0.05, 0) is 233 Å². The van der Waals surface area contributed by atoms with Crippen LogP contribution in [-0.2, 0) is 32.5 Å². The van der Waals surface area contributed by atoms with Crippen LogP contribution < -0.4 is 9.80 Å². The van der Waals surface area contributed by atoms with Gasteiger partial charge in [0.1, 0.15) is 0 Å². The third-order valence-corrected chi connectivity index (χ3v) is 21.4. The van der Waals surface area contributed by atoms with Gasteiger partial charge < -0.3 is 9.80 Å². The van der Waals surface area contributed by atoms with Crippen LogP contribution in [-0.4, -0.2) is 0 Å². The van der Waals surface area contributed by atoms with Gasteiger partial charge in [-0.15, -0.1) is 0 Å². The number of nitrogens with zero attached hydrogens (tertiary/aromatic N) is 2. The number of fused-ring (bicyclic) bond motifs is 5. The van der Waals surface area contributed by atoms with Crippen molar-refractivity contribution >= 4 is 76.8 Å². The standard InChI is InChI=1S/C90H84Br2N2/c1-57-18-42-69(43-19-57)93(70-46-38-67(91)39-47-70)73-50-51-74-77-55-82-78(56-81(77)90(80(74)54-73,65-34-26-61(27-35-65)87(9,10)11)66-36-28-62(29-37-66)88(12,13)14)75-52-53-83(94(71-44-20-58(2)21-45-71)72-48-40-68(92)41-49-72)76-16-15-17-79(84(75)76)89(82,63-30-22-59(23-31-63)85(3,4)5)64-32-24-60(25-33-64)86(6,7)8/h15-56H,1-14H3. The van der Waals surface area contributed by atoms with Crippen molar-refractivity contribution < 1.29 is 0 Å². The summed E-state index contributed by atoms with van der Waals surface area (Å²) in [6, 6.07) is 99.2. The number of rotatable bonds is 10. The van der Waals surface area contributed by atoms with Crippen LogP contribution in [0.15, 0.2) is 264 Å². The van der Waals surface area contributed by atoms with Gasteiger partial charge in [0.15, 0.2) is 0 Å². The third kappa shape index (κ3) is 10.6. The van der Waals surface area contributed by atoms with Crippen molar-refractivity contribution in [2.45, 2.75) is 129 Å². The second kappa shape index (κ2) is 23.1. The van der Waals surface area contributed by atoms with E-state index in [1.807, 2.05) is 0 Å². The minimum atomic E-state index is -0.813. The molecule has 0 fully saturated rings. The summed E-state index contributed by atoms with van der Waals surface area (Å²) in [5.41, 5.74) is 27.2. The van der Waals surface area contributed by atoms with E-state index in [1.54, 1.807) is 0 Å². The molecule has 0 aromatic heterocycles. The first-order valence-corrected chi connectivity index (χ1v) is 34.9. The van der Waals surface area contributed by atoms with E-state index in [-0.39, 0.29) is 21.7 Å². The lowest BCUT2D eigenvalue weighted by molar-refractivity contribution is 0.588. The number of anilines is 6. The van der Waals surface area contributed by atoms with E-state index in [1.165, 1.54) is 111 Å². The van der Waals surface area contributed by atoms with Crippen molar-refractivity contribution in [2.75, 3.05) is 9.80 Å². The molecule has 0 amide bonds. The van der Waals surface area contributed by atoms with Crippen LogP contribution in [0.1, 0.15) is 161 Å². The summed E-state index contributed by atoms with van der Waals surface area (Å²) in [6.45, 7) is 32.3. The van der Waals surface area contributed by atoms with Crippen LogP contribution in [0.2, 0.25) is 0 Å². The lowest BCUT2D eigenvalue weighted by Gasteiger charge is -2.44. The first kappa shape index (κ1) is 62.9. The molecule has 14 rings (SSSR count). The number of halogens is 2. The van der Waals surface area contributed by atoms with Crippen LogP contribution in [0, 0.1) is 13.8 Å². The molecule has 12 aromatic carbocycles. The smallest absolute Gasteiger partial charge is 0.0714 e. The second-order valence-corrected chi connectivity index (χ2v) is 32.5. The molecule has 0 atom stereocenters. The Hall–Kier alpha value is -8.54. The van der Waals surface area contributed by atoms with E-state index in [4.69, 9.17) is 0 Å². The summed E-state index contributed by atoms with van der Waals surface area (Å²) < 4.78 is 2.08. The second-order valence-electron chi connectivity index (χ2n) is 30.6. The molecule has 0 saturated carbocycles. The quantitative estimate of drug-likeness (QED) is 0.135. The maximum absolute atomic E-state index is 3.80. The van der Waals surface area contributed by atoms with Gasteiger partial charge >= 0.3 is 0 Å². The molecule has 2 nitrogen and oxygen atoms in total. The van der Waals surface area contributed by atoms with E-state index in [0.29, 0.717) is 0 Å². The Morgan fingerprint density at radius 2 is 0.596 bits per heavy atom. The predicted molar refractivity (Wildman–Crippen MR) is 408 cm³/mol. The molecule has 0 heterocycles. The maximum atomic E-state index is 3.80. The van der Waals surface area contributed by atoms with E-state index in [9.17, 15) is 0 Å². The van der Waals surface area contributed by atoms with Gasteiger partial charge in [-0.2, -0.15) is 0 Å². The van der Waals surface area contributed by atoms with Crippen LogP contribution in [0.5, 0.6) is 0 Å². The van der Waals surface area contributed by atoms with Gasteiger partial charge in [-0.3, -0.25) is 0 Å². The fourth-order valence-electron chi connectivity index (χ4n) is 15.2. The first-order valence-electron chi connectivity index (χ1n) is 33.3. The van der Waals surface area contributed by atoms with Crippen LogP contribution >= 0.6 is 31.9 Å². The molecule has 0 aliphatic heterocycles. The van der Waals surface area contributed by atoms with Crippen molar-refractivity contribution in [1.82, 2.24) is 0 Å². The average Bonchev–Trinajstić information content (AvgIpc) is 1.28. The topological polar surface area (TPSA) is 6.48 Å². The molecule has 2 aliphatic rings. The van der Waals surface area contributed by atoms with E-state index >= 15 is 0 Å². The van der Waals surface area contributed by atoms with E-state index < -0.39 is 10.8 Å². The molecule has 0 unspecified atom stereocenters. The minimum Gasteiger partial charge on any atom is -0.310 e. The van der Waals surface area contributed by atoms with Crippen molar-refractivity contribution in [3.63, 3.8) is 0 Å². The highest BCUT2D eigenvalue weighted by atomic mass is 79.9. The van der Waals surface area contributed by atoms with E-state index in [2.05, 4.69) is 393 Å². The predicted octanol–water partition coefficient (Wildman–Crippen LogP) is 25.8. The lowest BCUT2D eigenvalue weighted by Crippen LogP contribution is -2.35. The summed E-state index contributed by atoms with van der Waals surface area (Å²) in [5, 5.41) is 2.43. The maximum Gasteiger partial charge on any atom is 0.0714 e. The SMILES string of the molecule is Cc1ccc(N(c2ccc(Br)cc2)c2ccc3c(c2)C(c2ccc(C(C)(C)C)cc2)(c2ccc(C(C)(C)C)cc2)c2cc4c(cc2-3)C(c2ccc(C(C)(C)C)cc2)(c2ccc(C(C)(C)C)cc2)c2cccc3c(N(c5ccc(C)cc5)c5ccc(Br)cc5)ccc-4c23)cc1. The van der Waals surface area contributed by atoms with Crippen LogP contribution in [0.4, 0.5) is 34.1 Å². The van der Waals surface area contributed by atoms with Crippen LogP contribution in [0.3, 0.4) is 0 Å².